The zero-order valence-electron chi connectivity index (χ0n) is 21.9. The molecule has 208 valence electrons. The van der Waals surface area contributed by atoms with Gasteiger partial charge in [-0.1, -0.05) is 54.6 Å². The van der Waals surface area contributed by atoms with Crippen molar-refractivity contribution in [3.63, 3.8) is 0 Å². The van der Waals surface area contributed by atoms with E-state index >= 15 is 4.39 Å². The fourth-order valence-electron chi connectivity index (χ4n) is 4.97. The van der Waals surface area contributed by atoms with Crippen LogP contribution in [0.1, 0.15) is 22.9 Å². The molecule has 2 heterocycles. The molecule has 0 saturated carbocycles. The highest BCUT2D eigenvalue weighted by atomic mass is 19.1. The lowest BCUT2D eigenvalue weighted by atomic mass is 9.80. The molecule has 0 radical (unpaired) electrons. The number of H-pyrrole nitrogens is 1. The monoisotopic (exact) mass is 548 g/mol. The van der Waals surface area contributed by atoms with Crippen LogP contribution in [-0.2, 0) is 15.1 Å². The Morgan fingerprint density at radius 3 is 1.95 bits per heavy atom. The van der Waals surface area contributed by atoms with Gasteiger partial charge in [-0.25, -0.2) is 9.18 Å². The van der Waals surface area contributed by atoms with Crippen LogP contribution < -0.4 is 20.7 Å². The maximum atomic E-state index is 15.2. The first-order chi connectivity index (χ1) is 19.4. The van der Waals surface area contributed by atoms with Crippen molar-refractivity contribution in [1.29, 1.82) is 0 Å². The van der Waals surface area contributed by atoms with Crippen molar-refractivity contribution in [2.24, 2.45) is 0 Å². The summed E-state index contributed by atoms with van der Waals surface area (Å²) in [6, 6.07) is 25.4. The maximum absolute atomic E-state index is 15.2. The number of nitrogens with zero attached hydrogens (tertiary/aromatic N) is 1. The van der Waals surface area contributed by atoms with Gasteiger partial charge in [0, 0.05) is 12.3 Å². The first-order valence-electron chi connectivity index (χ1n) is 12.6. The maximum Gasteiger partial charge on any atom is 0.330 e. The van der Waals surface area contributed by atoms with Gasteiger partial charge >= 0.3 is 5.69 Å². The SMILES string of the molecule is COc1ccc(C(OC[C@H]2O[C@@H](n3ccc(=O)[nH]c3=O)C(F)[C@H]2O)(c2ccccc2)c2ccc(OC)cc2)cc1. The smallest absolute Gasteiger partial charge is 0.330 e. The third-order valence-electron chi connectivity index (χ3n) is 7.06. The molecule has 1 aliphatic rings. The van der Waals surface area contributed by atoms with Gasteiger partial charge in [-0.3, -0.25) is 14.3 Å². The third kappa shape index (κ3) is 5.04. The predicted octanol–water partition coefficient (Wildman–Crippen LogP) is 3.16. The number of rotatable bonds is 9. The molecular weight excluding hydrogens is 519 g/mol. The van der Waals surface area contributed by atoms with Crippen molar-refractivity contribution >= 4 is 0 Å². The van der Waals surface area contributed by atoms with Crippen LogP contribution in [0.5, 0.6) is 11.5 Å². The first-order valence-corrected chi connectivity index (χ1v) is 12.6. The Morgan fingerprint density at radius 1 is 0.875 bits per heavy atom. The highest BCUT2D eigenvalue weighted by Crippen LogP contribution is 2.43. The van der Waals surface area contributed by atoms with Crippen molar-refractivity contribution in [1.82, 2.24) is 9.55 Å². The molecule has 1 saturated heterocycles. The molecule has 40 heavy (non-hydrogen) atoms. The van der Waals surface area contributed by atoms with Gasteiger partial charge in [-0.15, -0.1) is 0 Å². The Bertz CT molecular complexity index is 1490. The number of aromatic nitrogens is 2. The van der Waals surface area contributed by atoms with Gasteiger partial charge in [-0.2, -0.15) is 0 Å². The van der Waals surface area contributed by atoms with E-state index in [9.17, 15) is 14.7 Å². The third-order valence-corrected chi connectivity index (χ3v) is 7.06. The Balaban J connectivity index is 1.56. The number of hydrogen-bond acceptors (Lipinski definition) is 7. The molecule has 1 aromatic heterocycles. The van der Waals surface area contributed by atoms with E-state index in [2.05, 4.69) is 4.98 Å². The van der Waals surface area contributed by atoms with Crippen LogP contribution in [0.3, 0.4) is 0 Å². The summed E-state index contributed by atoms with van der Waals surface area (Å²) in [5.74, 6) is 1.31. The number of aromatic amines is 1. The molecule has 9 nitrogen and oxygen atoms in total. The normalized spacial score (nSPS) is 20.8. The summed E-state index contributed by atoms with van der Waals surface area (Å²) in [4.78, 5) is 25.8. The second kappa shape index (κ2) is 11.5. The van der Waals surface area contributed by atoms with Gasteiger partial charge in [0.25, 0.3) is 5.56 Å². The Hall–Kier alpha value is -4.25. The minimum atomic E-state index is -1.94. The molecule has 0 amide bonds. The van der Waals surface area contributed by atoms with Gasteiger partial charge in [-0.05, 0) is 41.0 Å². The summed E-state index contributed by atoms with van der Waals surface area (Å²) in [7, 11) is 3.16. The molecular formula is C30H29FN2O7. The van der Waals surface area contributed by atoms with Crippen LogP contribution >= 0.6 is 0 Å². The Labute approximate surface area is 229 Å². The molecule has 1 aliphatic heterocycles. The van der Waals surface area contributed by atoms with Crippen LogP contribution in [-0.4, -0.2) is 53.9 Å². The molecule has 3 aromatic carbocycles. The molecule has 5 rings (SSSR count). The topological polar surface area (TPSA) is 112 Å². The number of hydrogen-bond donors (Lipinski definition) is 2. The molecule has 2 N–H and O–H groups in total. The van der Waals surface area contributed by atoms with Crippen molar-refractivity contribution < 1.29 is 28.4 Å². The molecule has 10 heteroatoms. The summed E-state index contributed by atoms with van der Waals surface area (Å²) < 4.78 is 39.4. The Kier molecular flexibility index (Phi) is 7.83. The zero-order valence-corrected chi connectivity index (χ0v) is 21.9. The second-order valence-electron chi connectivity index (χ2n) is 9.33. The molecule has 0 spiro atoms. The summed E-state index contributed by atoms with van der Waals surface area (Å²) in [5.41, 5.74) is -0.389. The van der Waals surface area contributed by atoms with Crippen molar-refractivity contribution in [3.05, 3.63) is 129 Å². The number of ether oxygens (including phenoxy) is 4. The minimum absolute atomic E-state index is 0.233. The lowest BCUT2D eigenvalue weighted by Crippen LogP contribution is -2.39. The van der Waals surface area contributed by atoms with Gasteiger partial charge < -0.3 is 24.1 Å². The number of aliphatic hydroxyl groups excluding tert-OH is 1. The number of alkyl halides is 1. The van der Waals surface area contributed by atoms with Gasteiger partial charge in [0.1, 0.15) is 29.3 Å². The lowest BCUT2D eigenvalue weighted by molar-refractivity contribution is -0.0950. The first kappa shape index (κ1) is 27.3. The van der Waals surface area contributed by atoms with Crippen LogP contribution in [0, 0.1) is 0 Å². The van der Waals surface area contributed by atoms with E-state index in [1.165, 1.54) is 0 Å². The Morgan fingerprint density at radius 2 is 1.43 bits per heavy atom. The van der Waals surface area contributed by atoms with Crippen molar-refractivity contribution in [2.75, 3.05) is 20.8 Å². The lowest BCUT2D eigenvalue weighted by Gasteiger charge is -2.37. The highest BCUT2D eigenvalue weighted by Gasteiger charge is 2.47. The number of nitrogens with one attached hydrogen (secondary N) is 1. The number of methoxy groups -OCH3 is 2. The van der Waals surface area contributed by atoms with Crippen molar-refractivity contribution in [2.45, 2.75) is 30.2 Å². The molecule has 0 aliphatic carbocycles. The van der Waals surface area contributed by atoms with Crippen LogP contribution in [0.15, 0.2) is 101 Å². The highest BCUT2D eigenvalue weighted by molar-refractivity contribution is 5.49. The zero-order chi connectivity index (χ0) is 28.3. The van der Waals surface area contributed by atoms with E-state index < -0.39 is 41.5 Å². The average Bonchev–Trinajstić information content (AvgIpc) is 3.27. The standard InChI is InChI=1S/C30H29FN2O7/c1-37-22-12-8-20(9-13-22)30(19-6-4-3-5-7-19,21-10-14-23(38-2)15-11-21)39-18-24-27(35)26(31)28(40-24)33-17-16-25(34)32-29(33)36/h3-17,24,26-28,35H,18H2,1-2H3,(H,32,34,36)/t24-,26?,27+,28-/m1/s1. The van der Waals surface area contributed by atoms with Crippen molar-refractivity contribution in [3.8, 4) is 11.5 Å². The fourth-order valence-corrected chi connectivity index (χ4v) is 4.97. The van der Waals surface area contributed by atoms with Crippen LogP contribution in [0.2, 0.25) is 0 Å². The summed E-state index contributed by atoms with van der Waals surface area (Å²) in [6.45, 7) is -0.233. The second-order valence-corrected chi connectivity index (χ2v) is 9.33. The van der Waals surface area contributed by atoms with E-state index in [0.717, 1.165) is 33.5 Å². The van der Waals surface area contributed by atoms with Crippen LogP contribution in [0.25, 0.3) is 0 Å². The van der Waals surface area contributed by atoms with E-state index in [1.54, 1.807) is 14.2 Å². The quantitative estimate of drug-likeness (QED) is 0.309. The minimum Gasteiger partial charge on any atom is -0.497 e. The number of halogens is 1. The van der Waals surface area contributed by atoms with Gasteiger partial charge in [0.2, 0.25) is 0 Å². The summed E-state index contributed by atoms with van der Waals surface area (Å²) >= 11 is 0. The largest absolute Gasteiger partial charge is 0.497 e. The average molecular weight is 549 g/mol. The summed E-state index contributed by atoms with van der Waals surface area (Å²) in [5, 5.41) is 10.8. The molecule has 1 fully saturated rings. The fraction of sp³-hybridized carbons (Fsp3) is 0.267. The van der Waals surface area contributed by atoms with E-state index in [-0.39, 0.29) is 6.61 Å². The van der Waals surface area contributed by atoms with Gasteiger partial charge in [0.15, 0.2) is 12.4 Å². The summed E-state index contributed by atoms with van der Waals surface area (Å²) in [6.07, 6.45) is -4.97. The molecule has 4 aromatic rings. The van der Waals surface area contributed by atoms with E-state index in [1.807, 2.05) is 78.9 Å². The van der Waals surface area contributed by atoms with E-state index in [4.69, 9.17) is 18.9 Å². The van der Waals surface area contributed by atoms with Crippen LogP contribution in [0.4, 0.5) is 4.39 Å². The molecule has 0 bridgehead atoms. The predicted molar refractivity (Wildman–Crippen MR) is 144 cm³/mol. The molecule has 4 atom stereocenters. The number of aliphatic hydroxyl groups is 1. The molecule has 1 unspecified atom stereocenters. The number of benzene rings is 3. The van der Waals surface area contributed by atoms with Gasteiger partial charge in [0.05, 0.1) is 20.8 Å². The van der Waals surface area contributed by atoms with E-state index in [0.29, 0.717) is 11.5 Å².